The van der Waals surface area contributed by atoms with Gasteiger partial charge in [-0.1, -0.05) is 36.4 Å². The summed E-state index contributed by atoms with van der Waals surface area (Å²) in [7, 11) is -3.49. The van der Waals surface area contributed by atoms with Gasteiger partial charge in [0.1, 0.15) is 13.2 Å². The standard InChI is InChI=1S/C24H28N2O5S/c27-24(25-12-8-20-6-7-22-23(18-20)31-16-15-30-22)21-9-13-26(14-10-21)32(28,29)17-11-19-4-2-1-3-5-19/h1-7,11,17-18,21H,8-10,12-16H2,(H,25,27)/b17-11+. The number of nitrogens with one attached hydrogen (secondary N) is 1. The topological polar surface area (TPSA) is 84.9 Å². The first-order valence-corrected chi connectivity index (χ1v) is 12.4. The molecule has 0 atom stereocenters. The van der Waals surface area contributed by atoms with Crippen LogP contribution in [0.25, 0.3) is 6.08 Å². The lowest BCUT2D eigenvalue weighted by Gasteiger charge is -2.29. The highest BCUT2D eigenvalue weighted by Gasteiger charge is 2.29. The Labute approximate surface area is 189 Å². The number of carbonyl (C=O) groups is 1. The summed E-state index contributed by atoms with van der Waals surface area (Å²) in [6, 6.07) is 15.2. The largest absolute Gasteiger partial charge is 0.486 e. The highest BCUT2D eigenvalue weighted by molar-refractivity contribution is 7.92. The van der Waals surface area contributed by atoms with Crippen molar-refractivity contribution >= 4 is 22.0 Å². The summed E-state index contributed by atoms with van der Waals surface area (Å²) in [5.74, 6) is 1.32. The summed E-state index contributed by atoms with van der Waals surface area (Å²) in [5, 5.41) is 4.23. The van der Waals surface area contributed by atoms with Gasteiger partial charge in [0.15, 0.2) is 11.5 Å². The number of benzene rings is 2. The monoisotopic (exact) mass is 456 g/mol. The van der Waals surface area contributed by atoms with Crippen LogP contribution in [-0.4, -0.2) is 51.5 Å². The highest BCUT2D eigenvalue weighted by atomic mass is 32.2. The van der Waals surface area contributed by atoms with Crippen LogP contribution in [0.1, 0.15) is 24.0 Å². The third-order valence-corrected chi connectivity index (χ3v) is 7.30. The van der Waals surface area contributed by atoms with Crippen LogP contribution in [0.3, 0.4) is 0 Å². The molecule has 8 heteroatoms. The SMILES string of the molecule is O=C(NCCc1ccc2c(c1)OCCO2)C1CCN(S(=O)(=O)/C=C/c2ccccc2)CC1. The van der Waals surface area contributed by atoms with Crippen LogP contribution in [0, 0.1) is 5.92 Å². The van der Waals surface area contributed by atoms with Crippen LogP contribution in [0.5, 0.6) is 11.5 Å². The van der Waals surface area contributed by atoms with E-state index in [1.807, 2.05) is 48.5 Å². The molecule has 1 fully saturated rings. The van der Waals surface area contributed by atoms with E-state index in [2.05, 4.69) is 5.32 Å². The third kappa shape index (κ3) is 5.69. The van der Waals surface area contributed by atoms with E-state index in [4.69, 9.17) is 9.47 Å². The van der Waals surface area contributed by atoms with Crippen molar-refractivity contribution in [3.8, 4) is 11.5 Å². The van der Waals surface area contributed by atoms with Crippen molar-refractivity contribution in [2.75, 3.05) is 32.8 Å². The molecular formula is C24H28N2O5S. The summed E-state index contributed by atoms with van der Waals surface area (Å²) in [4.78, 5) is 12.6. The minimum absolute atomic E-state index is 0.0144. The van der Waals surface area contributed by atoms with Gasteiger partial charge in [-0.2, -0.15) is 4.31 Å². The Kier molecular flexibility index (Phi) is 7.12. The van der Waals surface area contributed by atoms with Crippen LogP contribution in [0.4, 0.5) is 0 Å². The van der Waals surface area contributed by atoms with Crippen molar-refractivity contribution in [3.63, 3.8) is 0 Å². The lowest BCUT2D eigenvalue weighted by Crippen LogP contribution is -2.42. The van der Waals surface area contributed by atoms with Crippen LogP contribution in [0.15, 0.2) is 53.9 Å². The molecule has 1 saturated heterocycles. The molecule has 2 aromatic rings. The molecule has 2 aliphatic heterocycles. The third-order valence-electron chi connectivity index (χ3n) is 5.74. The van der Waals surface area contributed by atoms with Gasteiger partial charge in [-0.15, -0.1) is 0 Å². The molecule has 1 amide bonds. The van der Waals surface area contributed by atoms with E-state index in [1.54, 1.807) is 6.08 Å². The molecule has 2 aliphatic rings. The Balaban J connectivity index is 1.22. The number of piperidine rings is 1. The average molecular weight is 457 g/mol. The number of hydrogen-bond acceptors (Lipinski definition) is 5. The molecule has 2 aromatic carbocycles. The number of fused-ring (bicyclic) bond motifs is 1. The predicted molar refractivity (Wildman–Crippen MR) is 123 cm³/mol. The zero-order valence-electron chi connectivity index (χ0n) is 17.9. The van der Waals surface area contributed by atoms with Crippen molar-refractivity contribution in [1.29, 1.82) is 0 Å². The van der Waals surface area contributed by atoms with Gasteiger partial charge in [0, 0.05) is 31.0 Å². The Morgan fingerprint density at radius 1 is 1.03 bits per heavy atom. The van der Waals surface area contributed by atoms with Gasteiger partial charge < -0.3 is 14.8 Å². The molecule has 0 radical (unpaired) electrons. The molecule has 2 heterocycles. The van der Waals surface area contributed by atoms with Gasteiger partial charge in [-0.05, 0) is 48.6 Å². The lowest BCUT2D eigenvalue weighted by molar-refractivity contribution is -0.126. The Bertz CT molecular complexity index is 1060. The molecule has 0 aliphatic carbocycles. The minimum atomic E-state index is -3.49. The van der Waals surface area contributed by atoms with Crippen molar-refractivity contribution in [3.05, 3.63) is 65.1 Å². The number of ether oxygens (including phenoxy) is 2. The fraction of sp³-hybridized carbons (Fsp3) is 0.375. The van der Waals surface area contributed by atoms with Crippen LogP contribution in [0.2, 0.25) is 0 Å². The first-order valence-electron chi connectivity index (χ1n) is 10.9. The van der Waals surface area contributed by atoms with E-state index < -0.39 is 10.0 Å². The van der Waals surface area contributed by atoms with E-state index in [-0.39, 0.29) is 11.8 Å². The lowest BCUT2D eigenvalue weighted by atomic mass is 9.97. The van der Waals surface area contributed by atoms with E-state index in [0.717, 1.165) is 22.6 Å². The molecule has 0 aromatic heterocycles. The van der Waals surface area contributed by atoms with E-state index in [1.165, 1.54) is 9.71 Å². The molecule has 0 saturated carbocycles. The van der Waals surface area contributed by atoms with Crippen LogP contribution >= 0.6 is 0 Å². The number of carbonyl (C=O) groups excluding carboxylic acids is 1. The maximum absolute atomic E-state index is 12.6. The summed E-state index contributed by atoms with van der Waals surface area (Å²) in [5.41, 5.74) is 1.91. The molecule has 170 valence electrons. The molecule has 4 rings (SSSR count). The predicted octanol–water partition coefficient (Wildman–Crippen LogP) is 2.83. The molecule has 1 N–H and O–H groups in total. The Morgan fingerprint density at radius 2 is 1.75 bits per heavy atom. The van der Waals surface area contributed by atoms with Gasteiger partial charge in [0.25, 0.3) is 0 Å². The van der Waals surface area contributed by atoms with Gasteiger partial charge >= 0.3 is 0 Å². The number of sulfonamides is 1. The summed E-state index contributed by atoms with van der Waals surface area (Å²) < 4.78 is 37.7. The zero-order chi connectivity index (χ0) is 22.4. The summed E-state index contributed by atoms with van der Waals surface area (Å²) >= 11 is 0. The summed E-state index contributed by atoms with van der Waals surface area (Å²) in [6.45, 7) is 2.33. The average Bonchev–Trinajstić information content (AvgIpc) is 2.83. The maximum atomic E-state index is 12.6. The normalized spacial score (nSPS) is 17.4. The second-order valence-corrected chi connectivity index (χ2v) is 9.77. The second-order valence-electron chi connectivity index (χ2n) is 7.95. The summed E-state index contributed by atoms with van der Waals surface area (Å²) in [6.07, 6.45) is 3.34. The van der Waals surface area contributed by atoms with Crippen molar-refractivity contribution in [2.45, 2.75) is 19.3 Å². The van der Waals surface area contributed by atoms with Crippen molar-refractivity contribution < 1.29 is 22.7 Å². The first kappa shape index (κ1) is 22.4. The Morgan fingerprint density at radius 3 is 2.50 bits per heavy atom. The smallest absolute Gasteiger partial charge is 0.236 e. The van der Waals surface area contributed by atoms with Crippen molar-refractivity contribution in [2.24, 2.45) is 5.92 Å². The highest BCUT2D eigenvalue weighted by Crippen LogP contribution is 2.30. The zero-order valence-corrected chi connectivity index (χ0v) is 18.7. The van der Waals surface area contributed by atoms with Gasteiger partial charge in [0.05, 0.1) is 0 Å². The van der Waals surface area contributed by atoms with Gasteiger partial charge in [0.2, 0.25) is 15.9 Å². The molecule has 0 spiro atoms. The number of hydrogen-bond donors (Lipinski definition) is 1. The quantitative estimate of drug-likeness (QED) is 0.693. The molecular weight excluding hydrogens is 428 g/mol. The number of rotatable bonds is 7. The van der Waals surface area contributed by atoms with Gasteiger partial charge in [-0.3, -0.25) is 4.79 Å². The Hall–Kier alpha value is -2.84. The number of nitrogens with zero attached hydrogens (tertiary/aromatic N) is 1. The molecule has 0 bridgehead atoms. The molecule has 0 unspecified atom stereocenters. The fourth-order valence-corrected chi connectivity index (χ4v) is 5.13. The molecule has 32 heavy (non-hydrogen) atoms. The minimum Gasteiger partial charge on any atom is -0.486 e. The van der Waals surface area contributed by atoms with Crippen LogP contribution < -0.4 is 14.8 Å². The van der Waals surface area contributed by atoms with E-state index >= 15 is 0 Å². The number of amides is 1. The van der Waals surface area contributed by atoms with Crippen molar-refractivity contribution in [1.82, 2.24) is 9.62 Å². The van der Waals surface area contributed by atoms with Gasteiger partial charge in [-0.25, -0.2) is 8.42 Å². The fourth-order valence-electron chi connectivity index (χ4n) is 3.90. The molecule has 7 nitrogen and oxygen atoms in total. The first-order chi connectivity index (χ1) is 15.5. The second kappa shape index (κ2) is 10.2. The van der Waals surface area contributed by atoms with E-state index in [9.17, 15) is 13.2 Å². The maximum Gasteiger partial charge on any atom is 0.236 e. The van der Waals surface area contributed by atoms with Crippen LogP contribution in [-0.2, 0) is 21.2 Å². The van der Waals surface area contributed by atoms with E-state index in [0.29, 0.717) is 52.1 Å².